The van der Waals surface area contributed by atoms with Crippen molar-refractivity contribution in [1.29, 1.82) is 0 Å². The minimum atomic E-state index is -1.09. The van der Waals surface area contributed by atoms with E-state index in [-0.39, 0.29) is 23.0 Å². The maximum Gasteiger partial charge on any atom is 0.278 e. The smallest absolute Gasteiger partial charge is 0.278 e. The van der Waals surface area contributed by atoms with Gasteiger partial charge in [0, 0.05) is 17.0 Å². The van der Waals surface area contributed by atoms with E-state index >= 15 is 0 Å². The van der Waals surface area contributed by atoms with Gasteiger partial charge in [0.2, 0.25) is 0 Å². The van der Waals surface area contributed by atoms with Crippen LogP contribution >= 0.6 is 11.6 Å². The van der Waals surface area contributed by atoms with E-state index in [0.29, 0.717) is 5.02 Å². The summed E-state index contributed by atoms with van der Waals surface area (Å²) in [6.07, 6.45) is 5.48. The van der Waals surface area contributed by atoms with Crippen molar-refractivity contribution < 1.29 is 26.7 Å². The monoisotopic (exact) mass is 448 g/mol. The Labute approximate surface area is 177 Å². The summed E-state index contributed by atoms with van der Waals surface area (Å²) in [4.78, 5) is 2.18. The van der Waals surface area contributed by atoms with Gasteiger partial charge in [-0.3, -0.25) is 4.58 Å². The van der Waals surface area contributed by atoms with Gasteiger partial charge in [-0.05, 0) is 49.9 Å². The molecule has 2 aliphatic heterocycles. The fraction of sp³-hybridized carbons (Fsp3) is 0.409. The molecule has 0 saturated heterocycles. The number of benzene rings is 2. The summed E-state index contributed by atoms with van der Waals surface area (Å²) in [6.45, 7) is 3.18. The lowest BCUT2D eigenvalue weighted by molar-refractivity contribution is -0.575. The van der Waals surface area contributed by atoms with E-state index in [4.69, 9.17) is 11.6 Å². The Morgan fingerprint density at radius 2 is 1.78 bits per heavy atom. The third-order valence-electron chi connectivity index (χ3n) is 5.74. The van der Waals surface area contributed by atoms with Crippen LogP contribution in [-0.2, 0) is 5.72 Å². The molecule has 4 rings (SSSR count). The zero-order chi connectivity index (χ0) is 18.1. The van der Waals surface area contributed by atoms with Crippen molar-refractivity contribution in [3.05, 3.63) is 65.2 Å². The predicted molar refractivity (Wildman–Crippen MR) is 107 cm³/mol. The summed E-state index contributed by atoms with van der Waals surface area (Å²) in [6, 6.07) is 18.0. The first-order chi connectivity index (χ1) is 12.7. The minimum Gasteiger partial charge on any atom is -1.00 e. The SMILES string of the molecule is CCC1[N+]2=C(CCCCC2)N(c2ccccc2)C1(O)c1ccc(Cl)cc1.[Br-]. The van der Waals surface area contributed by atoms with Gasteiger partial charge in [-0.1, -0.05) is 48.9 Å². The molecule has 3 nitrogen and oxygen atoms in total. The molecule has 27 heavy (non-hydrogen) atoms. The second-order valence-electron chi connectivity index (χ2n) is 7.25. The van der Waals surface area contributed by atoms with Crippen LogP contribution in [0.4, 0.5) is 5.69 Å². The highest BCUT2D eigenvalue weighted by Crippen LogP contribution is 2.43. The largest absolute Gasteiger partial charge is 1.00 e. The fourth-order valence-electron chi connectivity index (χ4n) is 4.60. The molecule has 2 atom stereocenters. The van der Waals surface area contributed by atoms with Gasteiger partial charge in [-0.15, -0.1) is 0 Å². The zero-order valence-electron chi connectivity index (χ0n) is 15.6. The van der Waals surface area contributed by atoms with Crippen molar-refractivity contribution >= 4 is 23.1 Å². The quantitative estimate of drug-likeness (QED) is 0.723. The van der Waals surface area contributed by atoms with E-state index in [0.717, 1.165) is 30.6 Å². The van der Waals surface area contributed by atoms with Crippen molar-refractivity contribution in [2.45, 2.75) is 50.8 Å². The average molecular weight is 450 g/mol. The lowest BCUT2D eigenvalue weighted by Crippen LogP contribution is -3.00. The highest BCUT2D eigenvalue weighted by molar-refractivity contribution is 6.30. The maximum atomic E-state index is 12.2. The number of halogens is 2. The van der Waals surface area contributed by atoms with E-state index < -0.39 is 5.72 Å². The zero-order valence-corrected chi connectivity index (χ0v) is 18.0. The van der Waals surface area contributed by atoms with E-state index in [9.17, 15) is 5.11 Å². The van der Waals surface area contributed by atoms with Crippen molar-refractivity contribution in [1.82, 2.24) is 0 Å². The van der Waals surface area contributed by atoms with Crippen LogP contribution in [0.2, 0.25) is 5.02 Å². The van der Waals surface area contributed by atoms with E-state index in [2.05, 4.69) is 28.5 Å². The Balaban J connectivity index is 0.00000210. The van der Waals surface area contributed by atoms with Crippen molar-refractivity contribution in [2.24, 2.45) is 0 Å². The third kappa shape index (κ3) is 3.43. The number of hydrogen-bond acceptors (Lipinski definition) is 2. The molecule has 0 amide bonds. The van der Waals surface area contributed by atoms with Gasteiger partial charge in [0.25, 0.3) is 11.6 Å². The van der Waals surface area contributed by atoms with Crippen LogP contribution in [0.5, 0.6) is 0 Å². The second kappa shape index (κ2) is 8.34. The molecular weight excluding hydrogens is 424 g/mol. The molecular formula is C22H26BrClN2O. The molecule has 0 spiro atoms. The molecule has 2 aliphatic rings. The van der Waals surface area contributed by atoms with Gasteiger partial charge in [0.15, 0.2) is 6.04 Å². The average Bonchev–Trinajstić information content (AvgIpc) is 2.79. The van der Waals surface area contributed by atoms with Crippen LogP contribution in [0.25, 0.3) is 0 Å². The summed E-state index contributed by atoms with van der Waals surface area (Å²) in [5.74, 6) is 1.25. The van der Waals surface area contributed by atoms with Gasteiger partial charge in [-0.25, -0.2) is 0 Å². The Bertz CT molecular complexity index is 809. The molecule has 2 unspecified atom stereocenters. The van der Waals surface area contributed by atoms with E-state index in [1.807, 2.05) is 42.5 Å². The first kappa shape index (κ1) is 20.4. The number of aliphatic hydroxyl groups is 1. The maximum absolute atomic E-state index is 12.2. The molecule has 2 aromatic rings. The lowest BCUT2D eigenvalue weighted by Gasteiger charge is -2.33. The van der Waals surface area contributed by atoms with Crippen molar-refractivity contribution in [3.8, 4) is 0 Å². The van der Waals surface area contributed by atoms with Crippen LogP contribution in [-0.4, -0.2) is 28.1 Å². The first-order valence-corrected chi connectivity index (χ1v) is 10.00. The normalized spacial score (nSPS) is 25.0. The number of rotatable bonds is 3. The van der Waals surface area contributed by atoms with Crippen molar-refractivity contribution in [2.75, 3.05) is 11.4 Å². The Morgan fingerprint density at radius 3 is 2.44 bits per heavy atom. The number of hydrogen-bond donors (Lipinski definition) is 1. The minimum absolute atomic E-state index is 0. The van der Waals surface area contributed by atoms with Gasteiger partial charge in [0.05, 0.1) is 6.54 Å². The van der Waals surface area contributed by atoms with Crippen LogP contribution in [0.1, 0.15) is 44.6 Å². The van der Waals surface area contributed by atoms with E-state index in [1.165, 1.54) is 25.1 Å². The molecule has 0 aliphatic carbocycles. The number of anilines is 1. The molecule has 0 saturated carbocycles. The van der Waals surface area contributed by atoms with Gasteiger partial charge < -0.3 is 22.1 Å². The second-order valence-corrected chi connectivity index (χ2v) is 7.68. The highest BCUT2D eigenvalue weighted by atomic mass is 79.9. The van der Waals surface area contributed by atoms with Gasteiger partial charge >= 0.3 is 0 Å². The summed E-state index contributed by atoms with van der Waals surface area (Å²) < 4.78 is 2.45. The number of amidine groups is 1. The van der Waals surface area contributed by atoms with Crippen molar-refractivity contribution in [3.63, 3.8) is 0 Å². The molecule has 144 valence electrons. The van der Waals surface area contributed by atoms with Crippen LogP contribution in [0.3, 0.4) is 0 Å². The summed E-state index contributed by atoms with van der Waals surface area (Å²) in [5.41, 5.74) is 0.855. The Kier molecular flexibility index (Phi) is 6.29. The molecule has 1 N–H and O–H groups in total. The standard InChI is InChI=1S/C22H26ClN2O.BrH/c1-2-20-22(26,17-12-14-18(23)15-13-17)25(19-9-5-3-6-10-19)21-11-7-4-8-16-24(20)21;/h3,5-6,9-10,12-15,20,26H,2,4,7-8,11,16H2,1H3;1H/q+1;/p-1. The number of para-hydroxylation sites is 1. The van der Waals surface area contributed by atoms with E-state index in [1.54, 1.807) is 0 Å². The summed E-state index contributed by atoms with van der Waals surface area (Å²) in [7, 11) is 0. The molecule has 2 heterocycles. The Hall–Kier alpha value is -1.36. The molecule has 5 heteroatoms. The van der Waals surface area contributed by atoms with Gasteiger partial charge in [0.1, 0.15) is 5.69 Å². The molecule has 0 aromatic heterocycles. The molecule has 0 bridgehead atoms. The molecule has 0 radical (unpaired) electrons. The summed E-state index contributed by atoms with van der Waals surface area (Å²) >= 11 is 6.12. The molecule has 0 fully saturated rings. The van der Waals surface area contributed by atoms with Crippen LogP contribution in [0, 0.1) is 0 Å². The molecule has 2 aromatic carbocycles. The fourth-order valence-corrected chi connectivity index (χ4v) is 4.72. The third-order valence-corrected chi connectivity index (χ3v) is 5.99. The Morgan fingerprint density at radius 1 is 1.07 bits per heavy atom. The van der Waals surface area contributed by atoms with Crippen LogP contribution < -0.4 is 21.9 Å². The van der Waals surface area contributed by atoms with Gasteiger partial charge in [-0.2, -0.15) is 4.90 Å². The highest BCUT2D eigenvalue weighted by Gasteiger charge is 2.60. The van der Waals surface area contributed by atoms with Crippen LogP contribution in [0.15, 0.2) is 54.6 Å². The first-order valence-electron chi connectivity index (χ1n) is 9.62. The lowest BCUT2D eigenvalue weighted by atomic mass is 9.91. The predicted octanol–water partition coefficient (Wildman–Crippen LogP) is 1.77. The summed E-state index contributed by atoms with van der Waals surface area (Å²) in [5, 5.41) is 12.9. The topological polar surface area (TPSA) is 26.5 Å². The number of nitrogens with zero attached hydrogens (tertiary/aromatic N) is 2.